The number of nitrogens with zero attached hydrogens (tertiary/aromatic N) is 3. The van der Waals surface area contributed by atoms with Crippen LogP contribution in [0.25, 0.3) is 16.9 Å². The van der Waals surface area contributed by atoms with Gasteiger partial charge in [0, 0.05) is 36.3 Å². The van der Waals surface area contributed by atoms with Crippen LogP contribution >= 0.6 is 0 Å². The first-order valence-electron chi connectivity index (χ1n) is 13.2. The molecule has 0 fully saturated rings. The zero-order valence-corrected chi connectivity index (χ0v) is 23.1. The summed E-state index contributed by atoms with van der Waals surface area (Å²) in [4.78, 5) is 13.9. The quantitative estimate of drug-likeness (QED) is 0.385. The largest absolute Gasteiger partial charge is 0.491 e. The molecule has 1 aromatic heterocycles. The van der Waals surface area contributed by atoms with Crippen LogP contribution in [0.3, 0.4) is 0 Å². The molecule has 0 atom stereocenters. The Morgan fingerprint density at radius 1 is 1.16 bits per heavy atom. The van der Waals surface area contributed by atoms with Crippen LogP contribution in [-0.4, -0.2) is 40.4 Å². The molecule has 7 heteroatoms. The number of para-hydroxylation sites is 1. The van der Waals surface area contributed by atoms with Crippen LogP contribution in [0.15, 0.2) is 42.5 Å². The van der Waals surface area contributed by atoms with E-state index in [1.54, 1.807) is 0 Å². The lowest BCUT2D eigenvalue weighted by atomic mass is 9.91. The first-order chi connectivity index (χ1) is 17.5. The molecule has 4 rings (SSSR count). The molecular weight excluding hydrogens is 462 g/mol. The lowest BCUT2D eigenvalue weighted by molar-refractivity contribution is 0.212. The molecule has 2 heterocycles. The number of rotatable bonds is 8. The van der Waals surface area contributed by atoms with E-state index in [0.717, 1.165) is 66.4 Å². The number of anilines is 1. The van der Waals surface area contributed by atoms with Gasteiger partial charge < -0.3 is 15.8 Å². The molecule has 0 radical (unpaired) electrons. The Hall–Kier alpha value is -3.32. The van der Waals surface area contributed by atoms with Gasteiger partial charge in [0.25, 0.3) is 0 Å². The van der Waals surface area contributed by atoms with Crippen molar-refractivity contribution in [3.05, 3.63) is 59.3 Å². The molecule has 0 aliphatic carbocycles. The molecule has 7 nitrogen and oxygen atoms in total. The third-order valence-electron chi connectivity index (χ3n) is 6.70. The predicted molar refractivity (Wildman–Crippen MR) is 150 cm³/mol. The second kappa shape index (κ2) is 11.0. The van der Waals surface area contributed by atoms with Gasteiger partial charge in [-0.25, -0.2) is 9.48 Å². The number of hydrogen-bond donors (Lipinski definition) is 2. The lowest BCUT2D eigenvalue weighted by Crippen LogP contribution is -2.33. The highest BCUT2D eigenvalue weighted by atomic mass is 16.5. The topological polar surface area (TPSA) is 85.4 Å². The van der Waals surface area contributed by atoms with Gasteiger partial charge in [0.05, 0.1) is 18.0 Å². The van der Waals surface area contributed by atoms with Crippen molar-refractivity contribution in [3.8, 4) is 22.7 Å². The number of carbonyl (C=O) groups excluding carboxylic acids is 1. The Balaban J connectivity index is 1.81. The number of nitrogens with one attached hydrogen (secondary N) is 1. The highest BCUT2D eigenvalue weighted by molar-refractivity contribution is 5.88. The molecule has 3 N–H and O–H groups in total. The van der Waals surface area contributed by atoms with Gasteiger partial charge in [-0.15, -0.1) is 0 Å². The minimum absolute atomic E-state index is 0.292. The molecule has 2 amide bonds. The van der Waals surface area contributed by atoms with E-state index in [0.29, 0.717) is 23.6 Å². The minimum Gasteiger partial charge on any atom is -0.491 e. The maximum absolute atomic E-state index is 11.3. The van der Waals surface area contributed by atoms with Crippen LogP contribution in [-0.2, 0) is 13.0 Å². The van der Waals surface area contributed by atoms with Crippen molar-refractivity contribution in [1.82, 2.24) is 14.7 Å². The standard InChI is InChI=1S/C30H41N5O2/c1-20(2)19-37-26-9-7-8-21(3)27(26)35-28(22-10-12-23(13-11-22)32-29(31)36)24-18-34(16-14-25(24)33-35)17-15-30(4,5)6/h7-13,20H,14-19H2,1-6H3,(H3,31,32,36). The van der Waals surface area contributed by atoms with E-state index in [1.807, 2.05) is 36.4 Å². The molecule has 3 aromatic rings. The van der Waals surface area contributed by atoms with Crippen molar-refractivity contribution in [1.29, 1.82) is 0 Å². The number of ether oxygens (including phenoxy) is 1. The Labute approximate surface area is 221 Å². The Kier molecular flexibility index (Phi) is 7.93. The number of fused-ring (bicyclic) bond motifs is 1. The van der Waals surface area contributed by atoms with Crippen LogP contribution in [0.2, 0.25) is 0 Å². The van der Waals surface area contributed by atoms with E-state index >= 15 is 0 Å². The Morgan fingerprint density at radius 2 is 1.89 bits per heavy atom. The van der Waals surface area contributed by atoms with Crippen molar-refractivity contribution < 1.29 is 9.53 Å². The van der Waals surface area contributed by atoms with Gasteiger partial charge in [-0.05, 0) is 55.0 Å². The number of aromatic nitrogens is 2. The van der Waals surface area contributed by atoms with Gasteiger partial charge in [-0.1, -0.05) is 58.9 Å². The fourth-order valence-electron chi connectivity index (χ4n) is 4.70. The minimum atomic E-state index is -0.573. The molecule has 1 aliphatic rings. The molecule has 0 saturated heterocycles. The van der Waals surface area contributed by atoms with E-state index in [1.165, 1.54) is 5.56 Å². The van der Waals surface area contributed by atoms with E-state index < -0.39 is 6.03 Å². The van der Waals surface area contributed by atoms with Crippen molar-refractivity contribution in [2.75, 3.05) is 25.0 Å². The molecular formula is C30H41N5O2. The highest BCUT2D eigenvalue weighted by Gasteiger charge is 2.28. The van der Waals surface area contributed by atoms with Crippen LogP contribution in [0, 0.1) is 18.3 Å². The maximum atomic E-state index is 11.3. The first-order valence-corrected chi connectivity index (χ1v) is 13.2. The first kappa shape index (κ1) is 26.7. The van der Waals surface area contributed by atoms with Crippen LogP contribution in [0.1, 0.15) is 57.9 Å². The monoisotopic (exact) mass is 503 g/mol. The van der Waals surface area contributed by atoms with Crippen LogP contribution < -0.4 is 15.8 Å². The average molecular weight is 504 g/mol. The van der Waals surface area contributed by atoms with Crippen molar-refractivity contribution in [2.45, 2.75) is 60.9 Å². The summed E-state index contributed by atoms with van der Waals surface area (Å²) in [5, 5.41) is 7.84. The summed E-state index contributed by atoms with van der Waals surface area (Å²) in [6.45, 7) is 16.9. The smallest absolute Gasteiger partial charge is 0.316 e. The van der Waals surface area contributed by atoms with Crippen molar-refractivity contribution in [3.63, 3.8) is 0 Å². The van der Waals surface area contributed by atoms with Gasteiger partial charge in [0.1, 0.15) is 11.4 Å². The van der Waals surface area contributed by atoms with E-state index in [-0.39, 0.29) is 0 Å². The number of urea groups is 1. The fraction of sp³-hybridized carbons (Fsp3) is 0.467. The molecule has 0 bridgehead atoms. The van der Waals surface area contributed by atoms with Gasteiger partial charge in [0.2, 0.25) is 0 Å². The zero-order valence-electron chi connectivity index (χ0n) is 23.1. The SMILES string of the molecule is Cc1cccc(OCC(C)C)c1-n1nc2c(c1-c1ccc(NC(N)=O)cc1)CN(CCC(C)(C)C)CC2. The number of benzene rings is 2. The van der Waals surface area contributed by atoms with Crippen LogP contribution in [0.4, 0.5) is 10.5 Å². The average Bonchev–Trinajstić information content (AvgIpc) is 3.19. The van der Waals surface area contributed by atoms with Gasteiger partial charge in [-0.3, -0.25) is 4.90 Å². The van der Waals surface area contributed by atoms with Gasteiger partial charge >= 0.3 is 6.03 Å². The van der Waals surface area contributed by atoms with Gasteiger partial charge in [0.15, 0.2) is 0 Å². The summed E-state index contributed by atoms with van der Waals surface area (Å²) in [5.41, 5.74) is 12.9. The number of carbonyl (C=O) groups is 1. The van der Waals surface area contributed by atoms with Crippen molar-refractivity contribution in [2.24, 2.45) is 17.1 Å². The molecule has 2 aromatic carbocycles. The van der Waals surface area contributed by atoms with E-state index in [2.05, 4.69) is 62.5 Å². The molecule has 198 valence electrons. The second-order valence-corrected chi connectivity index (χ2v) is 11.7. The number of aryl methyl sites for hydroxylation is 1. The number of nitrogens with two attached hydrogens (primary N) is 1. The summed E-state index contributed by atoms with van der Waals surface area (Å²) < 4.78 is 8.37. The van der Waals surface area contributed by atoms with Crippen molar-refractivity contribution >= 4 is 11.7 Å². The van der Waals surface area contributed by atoms with Gasteiger partial charge in [-0.2, -0.15) is 5.10 Å². The molecule has 0 unspecified atom stereocenters. The number of primary amides is 1. The van der Waals surface area contributed by atoms with Crippen LogP contribution in [0.5, 0.6) is 5.75 Å². The molecule has 0 saturated carbocycles. The number of amides is 2. The maximum Gasteiger partial charge on any atom is 0.316 e. The summed E-state index contributed by atoms with van der Waals surface area (Å²) in [7, 11) is 0. The van der Waals surface area contributed by atoms with E-state index in [9.17, 15) is 4.79 Å². The molecule has 0 spiro atoms. The summed E-state index contributed by atoms with van der Waals surface area (Å²) in [6.07, 6.45) is 2.05. The summed E-state index contributed by atoms with van der Waals surface area (Å²) in [5.74, 6) is 1.26. The lowest BCUT2D eigenvalue weighted by Gasteiger charge is -2.29. The molecule has 1 aliphatic heterocycles. The third kappa shape index (κ3) is 6.52. The number of hydrogen-bond acceptors (Lipinski definition) is 4. The third-order valence-corrected chi connectivity index (χ3v) is 6.70. The van der Waals surface area contributed by atoms with E-state index in [4.69, 9.17) is 15.6 Å². The normalized spacial score (nSPS) is 14.0. The highest BCUT2D eigenvalue weighted by Crippen LogP contribution is 2.37. The second-order valence-electron chi connectivity index (χ2n) is 11.7. The summed E-state index contributed by atoms with van der Waals surface area (Å²) in [6, 6.07) is 13.4. The molecule has 37 heavy (non-hydrogen) atoms. The summed E-state index contributed by atoms with van der Waals surface area (Å²) >= 11 is 0. The Morgan fingerprint density at radius 3 is 2.54 bits per heavy atom. The fourth-order valence-corrected chi connectivity index (χ4v) is 4.70. The predicted octanol–water partition coefficient (Wildman–Crippen LogP) is 6.17. The Bertz CT molecular complexity index is 1240. The zero-order chi connectivity index (χ0) is 26.7.